The van der Waals surface area contributed by atoms with E-state index >= 15 is 0 Å². The molecule has 0 amide bonds. The molecule has 0 aromatic carbocycles. The average molecular weight is 900 g/mol. The number of rotatable bonds is 46. The van der Waals surface area contributed by atoms with Crippen molar-refractivity contribution in [2.75, 3.05) is 53.6 Å². The van der Waals surface area contributed by atoms with Crippen LogP contribution in [0.4, 0.5) is 0 Å². The van der Waals surface area contributed by atoms with Gasteiger partial charge in [-0.05, 0) is 90.3 Å². The Balaban J connectivity index is 0. The molecule has 1 aliphatic rings. The maximum absolute atomic E-state index is 10.4. The molecule has 1 unspecified atom stereocenters. The van der Waals surface area contributed by atoms with Gasteiger partial charge in [0.2, 0.25) is 0 Å². The van der Waals surface area contributed by atoms with Crippen molar-refractivity contribution in [1.29, 1.82) is 0 Å². The number of methoxy groups -OCH3 is 2. The molecule has 1 fully saturated rings. The molecule has 0 aromatic rings. The zero-order chi connectivity index (χ0) is 45.7. The summed E-state index contributed by atoms with van der Waals surface area (Å²) in [5.74, 6) is 0. The predicted molar refractivity (Wildman–Crippen MR) is 274 cm³/mol. The highest BCUT2D eigenvalue weighted by Crippen LogP contribution is 2.20. The molecule has 0 radical (unpaired) electrons. The van der Waals surface area contributed by atoms with Crippen LogP contribution in [0.25, 0.3) is 0 Å². The molecule has 62 heavy (non-hydrogen) atoms. The summed E-state index contributed by atoms with van der Waals surface area (Å²) >= 11 is 1.91. The topological polar surface area (TPSA) is 77.1 Å². The lowest BCUT2D eigenvalue weighted by Gasteiger charge is -2.24. The molecule has 0 saturated carbocycles. The van der Waals surface area contributed by atoms with Gasteiger partial charge in [0, 0.05) is 52.1 Å². The smallest absolute Gasteiger partial charge is 0.119 e. The van der Waals surface area contributed by atoms with Gasteiger partial charge in [0.15, 0.2) is 0 Å². The van der Waals surface area contributed by atoms with Gasteiger partial charge in [-0.1, -0.05) is 194 Å². The van der Waals surface area contributed by atoms with Crippen LogP contribution in [0.2, 0.25) is 0 Å². The molecular weight excluding hydrogens is 789 g/mol. The summed E-state index contributed by atoms with van der Waals surface area (Å²) in [6, 6.07) is 0. The largest absolute Gasteiger partial charge is 0.381 e. The summed E-state index contributed by atoms with van der Waals surface area (Å²) in [6.45, 7) is 15.5. The molecule has 1 aliphatic heterocycles. The van der Waals surface area contributed by atoms with Crippen LogP contribution in [0.3, 0.4) is 0 Å². The number of hydrogen-bond donors (Lipinski definition) is 1. The number of nitrogens with zero attached hydrogens (tertiary/aromatic N) is 1. The second-order valence-electron chi connectivity index (χ2n) is 18.3. The van der Waals surface area contributed by atoms with Crippen molar-refractivity contribution in [3.05, 3.63) is 0 Å². The lowest BCUT2D eigenvalue weighted by molar-refractivity contribution is -0.108. The van der Waals surface area contributed by atoms with Gasteiger partial charge in [-0.25, -0.2) is 0 Å². The van der Waals surface area contributed by atoms with Crippen molar-refractivity contribution in [3.8, 4) is 0 Å². The predicted octanol–water partition coefficient (Wildman–Crippen LogP) is 15.8. The SMILES string of the molecule is CCCCCCCCC(CC)OC.CCCCCCCCC(CCCCCCCC)OC.O=CCCCCCCCN(CCCCCCCC=O)CCCNSC1CCOCC1. The lowest BCUT2D eigenvalue weighted by atomic mass is 10.0. The third-order valence-corrected chi connectivity index (χ3v) is 13.7. The van der Waals surface area contributed by atoms with Gasteiger partial charge in [-0.3, -0.25) is 4.72 Å². The van der Waals surface area contributed by atoms with E-state index in [9.17, 15) is 9.59 Å². The monoisotopic (exact) mass is 899 g/mol. The summed E-state index contributed by atoms with van der Waals surface area (Å²) < 4.78 is 19.9. The normalized spacial score (nSPS) is 13.5. The number of unbranched alkanes of at least 4 members (excludes halogenated alkanes) is 25. The summed E-state index contributed by atoms with van der Waals surface area (Å²) in [4.78, 5) is 23.4. The Labute approximate surface area is 392 Å². The van der Waals surface area contributed by atoms with Crippen LogP contribution in [0, 0.1) is 0 Å². The van der Waals surface area contributed by atoms with Crippen molar-refractivity contribution in [2.45, 2.75) is 283 Å². The first-order valence-electron chi connectivity index (χ1n) is 27.2. The first kappa shape index (κ1) is 63.6. The van der Waals surface area contributed by atoms with Crippen LogP contribution < -0.4 is 4.72 Å². The second-order valence-corrected chi connectivity index (χ2v) is 19.4. The Morgan fingerprint density at radius 2 is 0.887 bits per heavy atom. The summed E-state index contributed by atoms with van der Waals surface area (Å²) in [5, 5.41) is 0.716. The van der Waals surface area contributed by atoms with Crippen LogP contribution in [0.1, 0.15) is 265 Å². The van der Waals surface area contributed by atoms with Gasteiger partial charge in [0.05, 0.1) is 12.2 Å². The standard InChI is InChI=1S/C24H46N2O3S.C18H38O.C12H26O/c27-20-11-7-3-1-5-9-17-26(18-10-6-2-4-8-12-21-28)19-13-16-25-30-24-14-22-29-23-15-24;1-4-6-8-10-12-14-16-18(19-3)17-15-13-11-9-7-5-2;1-4-6-7-8-9-10-11-12(5-2)13-3/h20-21,24-25H,1-19,22-23H2;18H,4-17H2,1-3H3;12H,4-11H2,1-3H3. The molecule has 0 bridgehead atoms. The van der Waals surface area contributed by atoms with Crippen molar-refractivity contribution < 1.29 is 23.8 Å². The Kier molecular flexibility index (Phi) is 58.1. The van der Waals surface area contributed by atoms with E-state index in [2.05, 4.69) is 37.3 Å². The van der Waals surface area contributed by atoms with Gasteiger partial charge in [0.1, 0.15) is 12.6 Å². The molecule has 0 aliphatic carbocycles. The molecule has 7 nitrogen and oxygen atoms in total. The summed E-state index contributed by atoms with van der Waals surface area (Å²) in [5.41, 5.74) is 0. The fourth-order valence-corrected chi connectivity index (χ4v) is 9.12. The van der Waals surface area contributed by atoms with E-state index in [4.69, 9.17) is 14.2 Å². The minimum absolute atomic E-state index is 0.506. The van der Waals surface area contributed by atoms with E-state index in [0.717, 1.165) is 64.4 Å². The third-order valence-electron chi connectivity index (χ3n) is 12.5. The summed E-state index contributed by atoms with van der Waals surface area (Å²) in [7, 11) is 3.71. The highest BCUT2D eigenvalue weighted by Gasteiger charge is 2.14. The van der Waals surface area contributed by atoms with E-state index < -0.39 is 0 Å². The first-order valence-corrected chi connectivity index (χ1v) is 28.1. The number of carbonyl (C=O) groups excluding carboxylic acids is 2. The first-order chi connectivity index (χ1) is 30.6. The van der Waals surface area contributed by atoms with Crippen LogP contribution >= 0.6 is 11.9 Å². The fourth-order valence-electron chi connectivity index (χ4n) is 8.19. The average Bonchev–Trinajstić information content (AvgIpc) is 3.30. The van der Waals surface area contributed by atoms with E-state index in [-0.39, 0.29) is 0 Å². The molecule has 0 aromatic heterocycles. The Morgan fingerprint density at radius 1 is 0.516 bits per heavy atom. The van der Waals surface area contributed by atoms with E-state index in [1.54, 1.807) is 0 Å². The highest BCUT2D eigenvalue weighted by molar-refractivity contribution is 7.98. The minimum atomic E-state index is 0.506. The number of aldehydes is 2. The Morgan fingerprint density at radius 3 is 1.29 bits per heavy atom. The number of hydrogen-bond acceptors (Lipinski definition) is 8. The van der Waals surface area contributed by atoms with E-state index in [0.29, 0.717) is 17.5 Å². The molecule has 1 atom stereocenters. The number of nitrogens with one attached hydrogen (secondary N) is 1. The molecule has 1 saturated heterocycles. The lowest BCUT2D eigenvalue weighted by Crippen LogP contribution is -2.29. The maximum Gasteiger partial charge on any atom is 0.119 e. The van der Waals surface area contributed by atoms with Gasteiger partial charge >= 0.3 is 0 Å². The molecule has 372 valence electrons. The zero-order valence-corrected chi connectivity index (χ0v) is 43.5. The third kappa shape index (κ3) is 50.5. The Hall–Kier alpha value is -0.510. The zero-order valence-electron chi connectivity index (χ0n) is 42.7. The van der Waals surface area contributed by atoms with Crippen LogP contribution in [-0.4, -0.2) is 88.5 Å². The summed E-state index contributed by atoms with van der Waals surface area (Å²) in [6.07, 6.45) is 50.1. The van der Waals surface area contributed by atoms with Crippen LogP contribution in [0.15, 0.2) is 0 Å². The van der Waals surface area contributed by atoms with Gasteiger partial charge in [0.25, 0.3) is 0 Å². The van der Waals surface area contributed by atoms with Crippen LogP contribution in [0.5, 0.6) is 0 Å². The van der Waals surface area contributed by atoms with Crippen LogP contribution in [-0.2, 0) is 23.8 Å². The molecule has 0 spiro atoms. The second kappa shape index (κ2) is 56.6. The molecule has 1 rings (SSSR count). The molecule has 1 N–H and O–H groups in total. The minimum Gasteiger partial charge on any atom is -0.381 e. The molecule has 1 heterocycles. The number of carbonyl (C=O) groups is 2. The molecular formula is C54H110N2O5S. The quantitative estimate of drug-likeness (QED) is 0.0368. The fraction of sp³-hybridized carbons (Fsp3) is 0.963. The molecule has 8 heteroatoms. The van der Waals surface area contributed by atoms with E-state index in [1.165, 1.54) is 225 Å². The van der Waals surface area contributed by atoms with Gasteiger partial charge in [-0.2, -0.15) is 0 Å². The van der Waals surface area contributed by atoms with Gasteiger partial charge < -0.3 is 28.7 Å². The van der Waals surface area contributed by atoms with Crippen molar-refractivity contribution in [1.82, 2.24) is 9.62 Å². The number of ether oxygens (including phenoxy) is 3. The highest BCUT2D eigenvalue weighted by atomic mass is 32.2. The van der Waals surface area contributed by atoms with Gasteiger partial charge in [-0.15, -0.1) is 0 Å². The van der Waals surface area contributed by atoms with Crippen molar-refractivity contribution in [2.24, 2.45) is 0 Å². The Bertz CT molecular complexity index is 791. The maximum atomic E-state index is 10.4. The van der Waals surface area contributed by atoms with Crippen molar-refractivity contribution in [3.63, 3.8) is 0 Å². The van der Waals surface area contributed by atoms with E-state index in [1.807, 2.05) is 26.2 Å². The van der Waals surface area contributed by atoms with Crippen molar-refractivity contribution >= 4 is 24.5 Å².